The summed E-state index contributed by atoms with van der Waals surface area (Å²) < 4.78 is 23.9. The number of sulfone groups is 1. The molecule has 1 aromatic carbocycles. The summed E-state index contributed by atoms with van der Waals surface area (Å²) in [5.41, 5.74) is 1.85. The number of hydrogen-bond donors (Lipinski definition) is 1. The molecule has 1 aliphatic heterocycles. The average Bonchev–Trinajstić information content (AvgIpc) is 2.88. The highest BCUT2D eigenvalue weighted by Gasteiger charge is 2.34. The zero-order valence-electron chi connectivity index (χ0n) is 8.96. The van der Waals surface area contributed by atoms with Gasteiger partial charge in [-0.05, 0) is 23.1 Å². The molecule has 0 bridgehead atoms. The standard InChI is InChI=1S/C12H11NO2S2/c14-17(15)8-11(13-9-5-6-16-7-9)10-3-1-2-4-12(10)17/h1-7,11,13H,8H2. The van der Waals surface area contributed by atoms with Gasteiger partial charge in [-0.2, -0.15) is 11.3 Å². The minimum atomic E-state index is -3.12. The van der Waals surface area contributed by atoms with E-state index < -0.39 is 9.84 Å². The van der Waals surface area contributed by atoms with Crippen molar-refractivity contribution in [3.05, 3.63) is 46.7 Å². The molecule has 1 atom stereocenters. The van der Waals surface area contributed by atoms with Gasteiger partial charge in [0.25, 0.3) is 0 Å². The Bertz CT molecular complexity index is 632. The second-order valence-electron chi connectivity index (χ2n) is 4.03. The molecule has 0 saturated carbocycles. The van der Waals surface area contributed by atoms with E-state index in [1.807, 2.05) is 29.0 Å². The van der Waals surface area contributed by atoms with Crippen LogP contribution in [0.5, 0.6) is 0 Å². The predicted molar refractivity (Wildman–Crippen MR) is 69.2 cm³/mol. The van der Waals surface area contributed by atoms with Gasteiger partial charge in [0.15, 0.2) is 9.84 Å². The normalized spacial score (nSPS) is 21.1. The number of thiophene rings is 1. The number of hydrogen-bond acceptors (Lipinski definition) is 4. The van der Waals surface area contributed by atoms with Gasteiger partial charge in [-0.25, -0.2) is 8.42 Å². The fraction of sp³-hybridized carbons (Fsp3) is 0.167. The molecular weight excluding hydrogens is 254 g/mol. The lowest BCUT2D eigenvalue weighted by Crippen LogP contribution is -2.12. The van der Waals surface area contributed by atoms with Crippen molar-refractivity contribution in [2.24, 2.45) is 0 Å². The monoisotopic (exact) mass is 265 g/mol. The SMILES string of the molecule is O=S1(=O)CC(Nc2ccsc2)c2ccccc21. The Balaban J connectivity index is 2.00. The van der Waals surface area contributed by atoms with E-state index in [-0.39, 0.29) is 11.8 Å². The van der Waals surface area contributed by atoms with Crippen molar-refractivity contribution in [3.63, 3.8) is 0 Å². The van der Waals surface area contributed by atoms with Gasteiger partial charge >= 0.3 is 0 Å². The van der Waals surface area contributed by atoms with Gasteiger partial charge in [0.2, 0.25) is 0 Å². The van der Waals surface area contributed by atoms with Gasteiger partial charge in [0.1, 0.15) is 0 Å². The van der Waals surface area contributed by atoms with Gasteiger partial charge < -0.3 is 5.32 Å². The molecule has 2 aromatic rings. The molecule has 1 N–H and O–H groups in total. The van der Waals surface area contributed by atoms with Crippen LogP contribution in [0.2, 0.25) is 0 Å². The zero-order chi connectivity index (χ0) is 11.9. The summed E-state index contributed by atoms with van der Waals surface area (Å²) in [7, 11) is -3.12. The Morgan fingerprint density at radius 2 is 2.06 bits per heavy atom. The number of anilines is 1. The van der Waals surface area contributed by atoms with E-state index in [1.54, 1.807) is 23.5 Å². The van der Waals surface area contributed by atoms with Crippen molar-refractivity contribution in [1.82, 2.24) is 0 Å². The summed E-state index contributed by atoms with van der Waals surface area (Å²) in [6.07, 6.45) is 0. The number of rotatable bonds is 2. The zero-order valence-corrected chi connectivity index (χ0v) is 10.6. The van der Waals surface area contributed by atoms with Crippen LogP contribution in [0.15, 0.2) is 46.0 Å². The van der Waals surface area contributed by atoms with Gasteiger partial charge in [0, 0.05) is 11.1 Å². The number of nitrogens with one attached hydrogen (secondary N) is 1. The lowest BCUT2D eigenvalue weighted by molar-refractivity contribution is 0.598. The summed E-state index contributed by atoms with van der Waals surface area (Å²) in [5, 5.41) is 7.21. The van der Waals surface area contributed by atoms with Crippen molar-refractivity contribution in [2.45, 2.75) is 10.9 Å². The van der Waals surface area contributed by atoms with Gasteiger partial charge in [-0.1, -0.05) is 18.2 Å². The van der Waals surface area contributed by atoms with E-state index in [2.05, 4.69) is 5.32 Å². The largest absolute Gasteiger partial charge is 0.376 e. The van der Waals surface area contributed by atoms with Crippen molar-refractivity contribution in [2.75, 3.05) is 11.1 Å². The Morgan fingerprint density at radius 3 is 2.82 bits per heavy atom. The molecule has 0 fully saturated rings. The fourth-order valence-corrected chi connectivity index (χ4v) is 4.45. The van der Waals surface area contributed by atoms with Gasteiger partial charge in [-0.15, -0.1) is 0 Å². The second kappa shape index (κ2) is 3.85. The summed E-state index contributed by atoms with van der Waals surface area (Å²) >= 11 is 1.59. The molecule has 0 amide bonds. The topological polar surface area (TPSA) is 46.2 Å². The predicted octanol–water partition coefficient (Wildman–Crippen LogP) is 2.69. The van der Waals surface area contributed by atoms with Gasteiger partial charge in [0.05, 0.1) is 16.7 Å². The molecule has 88 valence electrons. The molecule has 1 aliphatic rings. The third kappa shape index (κ3) is 1.85. The molecule has 3 nitrogen and oxygen atoms in total. The third-order valence-electron chi connectivity index (χ3n) is 2.88. The quantitative estimate of drug-likeness (QED) is 0.908. The molecule has 1 aromatic heterocycles. The molecule has 0 aliphatic carbocycles. The molecule has 1 unspecified atom stereocenters. The summed E-state index contributed by atoms with van der Waals surface area (Å²) in [4.78, 5) is 0.465. The first kappa shape index (κ1) is 10.8. The molecule has 0 radical (unpaired) electrons. The van der Waals surface area contributed by atoms with Gasteiger partial charge in [-0.3, -0.25) is 0 Å². The highest BCUT2D eigenvalue weighted by Crippen LogP contribution is 2.35. The Labute approximate surface area is 104 Å². The molecule has 2 heterocycles. The molecule has 0 saturated heterocycles. The van der Waals surface area contributed by atoms with Crippen molar-refractivity contribution < 1.29 is 8.42 Å². The molecule has 5 heteroatoms. The van der Waals surface area contributed by atoms with Crippen molar-refractivity contribution in [1.29, 1.82) is 0 Å². The molecule has 3 rings (SSSR count). The third-order valence-corrected chi connectivity index (χ3v) is 5.37. The Hall–Kier alpha value is -1.33. The minimum absolute atomic E-state index is 0.134. The number of benzene rings is 1. The maximum atomic E-state index is 12.0. The summed E-state index contributed by atoms with van der Waals surface area (Å²) in [5.74, 6) is 0.141. The van der Waals surface area contributed by atoms with E-state index in [4.69, 9.17) is 0 Å². The number of fused-ring (bicyclic) bond motifs is 1. The fourth-order valence-electron chi connectivity index (χ4n) is 2.12. The first-order chi connectivity index (χ1) is 8.17. The van der Waals surface area contributed by atoms with Crippen LogP contribution in [0, 0.1) is 0 Å². The highest BCUT2D eigenvalue weighted by atomic mass is 32.2. The lowest BCUT2D eigenvalue weighted by atomic mass is 10.1. The second-order valence-corrected chi connectivity index (χ2v) is 6.81. The van der Waals surface area contributed by atoms with Crippen LogP contribution >= 0.6 is 11.3 Å². The van der Waals surface area contributed by atoms with Crippen LogP contribution in [0.3, 0.4) is 0 Å². The minimum Gasteiger partial charge on any atom is -0.376 e. The smallest absolute Gasteiger partial charge is 0.181 e. The van der Waals surface area contributed by atoms with E-state index in [0.29, 0.717) is 4.90 Å². The molecule has 17 heavy (non-hydrogen) atoms. The van der Waals surface area contributed by atoms with Crippen LogP contribution in [-0.4, -0.2) is 14.2 Å². The molecular formula is C12H11NO2S2. The van der Waals surface area contributed by atoms with E-state index in [1.165, 1.54) is 0 Å². The first-order valence-electron chi connectivity index (χ1n) is 5.27. The maximum Gasteiger partial charge on any atom is 0.181 e. The Morgan fingerprint density at radius 1 is 1.24 bits per heavy atom. The van der Waals surface area contributed by atoms with Crippen LogP contribution < -0.4 is 5.32 Å². The molecule has 0 spiro atoms. The first-order valence-corrected chi connectivity index (χ1v) is 7.87. The van der Waals surface area contributed by atoms with E-state index in [9.17, 15) is 8.42 Å². The van der Waals surface area contributed by atoms with Crippen LogP contribution in [0.4, 0.5) is 5.69 Å². The van der Waals surface area contributed by atoms with E-state index >= 15 is 0 Å². The lowest BCUT2D eigenvalue weighted by Gasteiger charge is -2.12. The van der Waals surface area contributed by atoms with Crippen molar-refractivity contribution in [3.8, 4) is 0 Å². The van der Waals surface area contributed by atoms with Crippen molar-refractivity contribution >= 4 is 26.9 Å². The van der Waals surface area contributed by atoms with Crippen LogP contribution in [0.25, 0.3) is 0 Å². The van der Waals surface area contributed by atoms with Crippen LogP contribution in [-0.2, 0) is 9.84 Å². The summed E-state index contributed by atoms with van der Waals surface area (Å²) in [6.45, 7) is 0. The van der Waals surface area contributed by atoms with Crippen LogP contribution in [0.1, 0.15) is 11.6 Å². The Kier molecular flexibility index (Phi) is 2.45. The summed E-state index contributed by atoms with van der Waals surface area (Å²) in [6, 6.07) is 9.03. The average molecular weight is 265 g/mol. The highest BCUT2D eigenvalue weighted by molar-refractivity contribution is 7.91. The maximum absolute atomic E-state index is 12.0. The van der Waals surface area contributed by atoms with E-state index in [0.717, 1.165) is 11.3 Å².